The summed E-state index contributed by atoms with van der Waals surface area (Å²) in [6, 6.07) is 4.06. The first-order valence-corrected chi connectivity index (χ1v) is 8.98. The van der Waals surface area contributed by atoms with E-state index in [1.165, 1.54) is 23.5 Å². The Bertz CT molecular complexity index is 815. The number of piperidine rings is 1. The largest absolute Gasteiger partial charge is 0.356 e. The van der Waals surface area contributed by atoms with E-state index >= 15 is 0 Å². The lowest BCUT2D eigenvalue weighted by molar-refractivity contribution is 0.505. The molecule has 1 aliphatic heterocycles. The van der Waals surface area contributed by atoms with E-state index < -0.39 is 0 Å². The second kappa shape index (κ2) is 6.20. The van der Waals surface area contributed by atoms with Crippen LogP contribution in [-0.4, -0.2) is 33.0 Å². The number of hydrogen-bond acceptors (Lipinski definition) is 6. The number of anilines is 1. The Morgan fingerprint density at radius 1 is 1.22 bits per heavy atom. The molecule has 0 bridgehead atoms. The zero-order chi connectivity index (χ0) is 15.6. The van der Waals surface area contributed by atoms with Crippen LogP contribution in [0.4, 0.5) is 5.82 Å². The quantitative estimate of drug-likeness (QED) is 0.738. The molecule has 1 fully saturated rings. The summed E-state index contributed by atoms with van der Waals surface area (Å²) in [6.07, 6.45) is 6.79. The van der Waals surface area contributed by atoms with Crippen molar-refractivity contribution in [1.29, 1.82) is 0 Å². The van der Waals surface area contributed by atoms with Gasteiger partial charge in [0, 0.05) is 36.8 Å². The molecule has 1 saturated heterocycles. The van der Waals surface area contributed by atoms with Crippen LogP contribution in [0.2, 0.25) is 0 Å². The molecular formula is C17H19N5S. The molecular weight excluding hydrogens is 306 g/mol. The molecule has 6 heteroatoms. The second-order valence-corrected chi connectivity index (χ2v) is 6.77. The van der Waals surface area contributed by atoms with Gasteiger partial charge in [-0.15, -0.1) is 11.3 Å². The van der Waals surface area contributed by atoms with Gasteiger partial charge in [-0.3, -0.25) is 4.98 Å². The van der Waals surface area contributed by atoms with E-state index in [2.05, 4.69) is 38.2 Å². The fourth-order valence-corrected chi connectivity index (χ4v) is 4.11. The standard InChI is InChI=1S/C17H19N5S/c1-2-13-11-23-17(20-13)12-4-3-9-22(10-12)15-6-5-14-16(21-15)19-8-7-18-14/h5-8,11-12H,2-4,9-10H2,1H3. The number of nitrogens with zero attached hydrogens (tertiary/aromatic N) is 5. The number of pyridine rings is 1. The summed E-state index contributed by atoms with van der Waals surface area (Å²) in [7, 11) is 0. The Hall–Kier alpha value is -2.08. The molecule has 1 atom stereocenters. The SMILES string of the molecule is CCc1csc(C2CCCN(c3ccc4nccnc4n3)C2)n1. The molecule has 0 N–H and O–H groups in total. The molecule has 4 heterocycles. The maximum atomic E-state index is 4.78. The Labute approximate surface area is 139 Å². The smallest absolute Gasteiger partial charge is 0.180 e. The fourth-order valence-electron chi connectivity index (χ4n) is 3.08. The first-order chi connectivity index (χ1) is 11.3. The van der Waals surface area contributed by atoms with Crippen molar-refractivity contribution in [1.82, 2.24) is 19.9 Å². The van der Waals surface area contributed by atoms with Crippen LogP contribution < -0.4 is 4.90 Å². The maximum Gasteiger partial charge on any atom is 0.180 e. The zero-order valence-corrected chi connectivity index (χ0v) is 14.0. The molecule has 0 spiro atoms. The highest BCUT2D eigenvalue weighted by atomic mass is 32.1. The fraction of sp³-hybridized carbons (Fsp3) is 0.412. The number of fused-ring (bicyclic) bond motifs is 1. The van der Waals surface area contributed by atoms with Crippen LogP contribution in [0.25, 0.3) is 11.2 Å². The number of hydrogen-bond donors (Lipinski definition) is 0. The summed E-state index contributed by atoms with van der Waals surface area (Å²) in [5.74, 6) is 1.50. The van der Waals surface area contributed by atoms with Crippen molar-refractivity contribution in [2.75, 3.05) is 18.0 Å². The molecule has 0 saturated carbocycles. The van der Waals surface area contributed by atoms with Crippen molar-refractivity contribution < 1.29 is 0 Å². The van der Waals surface area contributed by atoms with E-state index in [0.717, 1.165) is 36.5 Å². The lowest BCUT2D eigenvalue weighted by Gasteiger charge is -2.32. The third-order valence-electron chi connectivity index (χ3n) is 4.34. The molecule has 3 aromatic heterocycles. The number of thiazole rings is 1. The van der Waals surface area contributed by atoms with Gasteiger partial charge in [-0.1, -0.05) is 6.92 Å². The molecule has 4 rings (SSSR count). The molecule has 0 radical (unpaired) electrons. The van der Waals surface area contributed by atoms with Gasteiger partial charge in [0.15, 0.2) is 5.65 Å². The molecule has 3 aromatic rings. The van der Waals surface area contributed by atoms with Gasteiger partial charge in [-0.25, -0.2) is 15.0 Å². The lowest BCUT2D eigenvalue weighted by Crippen LogP contribution is -2.34. The molecule has 23 heavy (non-hydrogen) atoms. The normalized spacial score (nSPS) is 18.5. The summed E-state index contributed by atoms with van der Waals surface area (Å²) in [5, 5.41) is 3.46. The van der Waals surface area contributed by atoms with Gasteiger partial charge in [0.2, 0.25) is 0 Å². The lowest BCUT2D eigenvalue weighted by atomic mass is 9.98. The Morgan fingerprint density at radius 3 is 3.00 bits per heavy atom. The van der Waals surface area contributed by atoms with Crippen molar-refractivity contribution in [2.45, 2.75) is 32.1 Å². The van der Waals surface area contributed by atoms with Crippen molar-refractivity contribution >= 4 is 28.3 Å². The van der Waals surface area contributed by atoms with Crippen LogP contribution in [0.1, 0.15) is 36.4 Å². The van der Waals surface area contributed by atoms with E-state index in [-0.39, 0.29) is 0 Å². The molecule has 1 unspecified atom stereocenters. The predicted molar refractivity (Wildman–Crippen MR) is 93.0 cm³/mol. The van der Waals surface area contributed by atoms with Crippen LogP contribution in [0.5, 0.6) is 0 Å². The van der Waals surface area contributed by atoms with E-state index in [1.807, 2.05) is 6.07 Å². The minimum absolute atomic E-state index is 0.508. The molecule has 0 aliphatic carbocycles. The first kappa shape index (κ1) is 14.5. The van der Waals surface area contributed by atoms with Gasteiger partial charge < -0.3 is 4.90 Å². The third-order valence-corrected chi connectivity index (χ3v) is 5.40. The van der Waals surface area contributed by atoms with Crippen molar-refractivity contribution in [3.63, 3.8) is 0 Å². The minimum atomic E-state index is 0.508. The molecule has 1 aliphatic rings. The first-order valence-electron chi connectivity index (χ1n) is 8.10. The minimum Gasteiger partial charge on any atom is -0.356 e. The van der Waals surface area contributed by atoms with Crippen molar-refractivity contribution in [2.24, 2.45) is 0 Å². The van der Waals surface area contributed by atoms with Gasteiger partial charge in [0.25, 0.3) is 0 Å². The Kier molecular flexibility index (Phi) is 3.91. The maximum absolute atomic E-state index is 4.78. The van der Waals surface area contributed by atoms with E-state index in [9.17, 15) is 0 Å². The highest BCUT2D eigenvalue weighted by Crippen LogP contribution is 2.31. The van der Waals surface area contributed by atoms with Crippen LogP contribution in [-0.2, 0) is 6.42 Å². The van der Waals surface area contributed by atoms with Crippen molar-refractivity contribution in [3.8, 4) is 0 Å². The van der Waals surface area contributed by atoms with Crippen LogP contribution in [0.15, 0.2) is 29.9 Å². The van der Waals surface area contributed by atoms with Crippen molar-refractivity contribution in [3.05, 3.63) is 40.6 Å². The zero-order valence-electron chi connectivity index (χ0n) is 13.1. The topological polar surface area (TPSA) is 54.8 Å². The molecule has 5 nitrogen and oxygen atoms in total. The summed E-state index contributed by atoms with van der Waals surface area (Å²) in [6.45, 7) is 4.18. The van der Waals surface area contributed by atoms with E-state index in [4.69, 9.17) is 4.98 Å². The molecule has 0 amide bonds. The highest BCUT2D eigenvalue weighted by Gasteiger charge is 2.24. The van der Waals surface area contributed by atoms with Crippen LogP contribution in [0, 0.1) is 0 Å². The van der Waals surface area contributed by atoms with Gasteiger partial charge in [0.05, 0.1) is 10.7 Å². The number of aryl methyl sites for hydroxylation is 1. The van der Waals surface area contributed by atoms with Gasteiger partial charge >= 0.3 is 0 Å². The summed E-state index contributed by atoms with van der Waals surface area (Å²) in [4.78, 5) is 20.4. The summed E-state index contributed by atoms with van der Waals surface area (Å²) < 4.78 is 0. The number of rotatable bonds is 3. The summed E-state index contributed by atoms with van der Waals surface area (Å²) >= 11 is 1.80. The Morgan fingerprint density at radius 2 is 2.13 bits per heavy atom. The van der Waals surface area contributed by atoms with E-state index in [0.29, 0.717) is 5.92 Å². The van der Waals surface area contributed by atoms with Gasteiger partial charge in [0.1, 0.15) is 11.3 Å². The number of aromatic nitrogens is 4. The monoisotopic (exact) mass is 325 g/mol. The average Bonchev–Trinajstić information content (AvgIpc) is 3.11. The van der Waals surface area contributed by atoms with Gasteiger partial charge in [-0.05, 0) is 31.4 Å². The van der Waals surface area contributed by atoms with Crippen LogP contribution in [0.3, 0.4) is 0 Å². The molecule has 0 aromatic carbocycles. The van der Waals surface area contributed by atoms with E-state index in [1.54, 1.807) is 23.7 Å². The predicted octanol–water partition coefficient (Wildman–Crippen LogP) is 3.43. The molecule has 118 valence electrons. The third kappa shape index (κ3) is 2.91. The Balaban J connectivity index is 1.58. The van der Waals surface area contributed by atoms with Crippen LogP contribution >= 0.6 is 11.3 Å². The van der Waals surface area contributed by atoms with Gasteiger partial charge in [-0.2, -0.15) is 0 Å². The highest BCUT2D eigenvalue weighted by molar-refractivity contribution is 7.09. The summed E-state index contributed by atoms with van der Waals surface area (Å²) in [5.41, 5.74) is 2.77. The average molecular weight is 325 g/mol. The second-order valence-electron chi connectivity index (χ2n) is 5.88.